The second-order valence-electron chi connectivity index (χ2n) is 4.31. The van der Waals surface area contributed by atoms with Gasteiger partial charge in [0.15, 0.2) is 0 Å². The molecular formula is C13H17ClN2O4. The molecule has 2 rings (SSSR count). The molecule has 1 aliphatic heterocycles. The highest BCUT2D eigenvalue weighted by Crippen LogP contribution is 2.17. The fourth-order valence-corrected chi connectivity index (χ4v) is 2.09. The van der Waals surface area contributed by atoms with Gasteiger partial charge in [0, 0.05) is 25.7 Å². The largest absolute Gasteiger partial charge is 0.476 e. The highest BCUT2D eigenvalue weighted by molar-refractivity contribution is 6.29. The minimum atomic E-state index is -0.465. The summed E-state index contributed by atoms with van der Waals surface area (Å²) in [7, 11) is 1.32. The Labute approximate surface area is 122 Å². The number of methoxy groups -OCH3 is 1. The van der Waals surface area contributed by atoms with Crippen LogP contribution in [0.5, 0.6) is 5.88 Å². The van der Waals surface area contributed by atoms with Gasteiger partial charge in [-0.05, 0) is 6.07 Å². The molecule has 1 fully saturated rings. The number of carbonyl (C=O) groups excluding carboxylic acids is 1. The number of morpholine rings is 1. The minimum Gasteiger partial charge on any atom is -0.476 e. The van der Waals surface area contributed by atoms with Crippen LogP contribution in [0.4, 0.5) is 0 Å². The quantitative estimate of drug-likeness (QED) is 0.602. The fourth-order valence-electron chi connectivity index (χ4n) is 1.89. The van der Waals surface area contributed by atoms with Crippen molar-refractivity contribution in [3.8, 4) is 5.88 Å². The maximum absolute atomic E-state index is 11.5. The van der Waals surface area contributed by atoms with Crippen molar-refractivity contribution in [1.82, 2.24) is 9.88 Å². The van der Waals surface area contributed by atoms with Crippen LogP contribution in [-0.4, -0.2) is 62.4 Å². The van der Waals surface area contributed by atoms with Crippen molar-refractivity contribution < 1.29 is 19.0 Å². The van der Waals surface area contributed by atoms with Crippen molar-refractivity contribution in [1.29, 1.82) is 0 Å². The first kappa shape index (κ1) is 15.0. The monoisotopic (exact) mass is 300 g/mol. The predicted molar refractivity (Wildman–Crippen MR) is 73.3 cm³/mol. The van der Waals surface area contributed by atoms with Crippen LogP contribution in [0.25, 0.3) is 0 Å². The Morgan fingerprint density at radius 2 is 2.20 bits per heavy atom. The SMILES string of the molecule is COC(=O)c1cc(Cl)nc(OCCN2CCOCC2)c1. The lowest BCUT2D eigenvalue weighted by Gasteiger charge is -2.26. The first-order valence-electron chi connectivity index (χ1n) is 6.38. The lowest BCUT2D eigenvalue weighted by atomic mass is 10.3. The van der Waals surface area contributed by atoms with Crippen molar-refractivity contribution in [2.75, 3.05) is 46.6 Å². The summed E-state index contributed by atoms with van der Waals surface area (Å²) in [6, 6.07) is 2.97. The zero-order valence-corrected chi connectivity index (χ0v) is 12.1. The normalized spacial score (nSPS) is 15.9. The Bertz CT molecular complexity index is 464. The second-order valence-corrected chi connectivity index (χ2v) is 4.70. The highest BCUT2D eigenvalue weighted by Gasteiger charge is 2.12. The smallest absolute Gasteiger partial charge is 0.338 e. The Kier molecular flexibility index (Phi) is 5.58. The summed E-state index contributed by atoms with van der Waals surface area (Å²) < 4.78 is 15.5. The number of pyridine rings is 1. The van der Waals surface area contributed by atoms with E-state index < -0.39 is 5.97 Å². The van der Waals surface area contributed by atoms with E-state index in [0.29, 0.717) is 18.1 Å². The van der Waals surface area contributed by atoms with Crippen molar-refractivity contribution in [3.05, 3.63) is 22.8 Å². The van der Waals surface area contributed by atoms with E-state index >= 15 is 0 Å². The summed E-state index contributed by atoms with van der Waals surface area (Å²) >= 11 is 5.85. The van der Waals surface area contributed by atoms with Gasteiger partial charge in [0.25, 0.3) is 0 Å². The van der Waals surface area contributed by atoms with Gasteiger partial charge in [0.2, 0.25) is 5.88 Å². The van der Waals surface area contributed by atoms with Gasteiger partial charge in [-0.3, -0.25) is 4.90 Å². The molecule has 0 N–H and O–H groups in total. The fraction of sp³-hybridized carbons (Fsp3) is 0.538. The predicted octanol–water partition coefficient (Wildman–Crippen LogP) is 1.23. The number of rotatable bonds is 5. The first-order chi connectivity index (χ1) is 9.69. The molecule has 0 saturated carbocycles. The van der Waals surface area contributed by atoms with Crippen LogP contribution in [-0.2, 0) is 9.47 Å². The average Bonchev–Trinajstić information content (AvgIpc) is 2.47. The molecule has 0 amide bonds. The maximum Gasteiger partial charge on any atom is 0.338 e. The topological polar surface area (TPSA) is 60.9 Å². The second kappa shape index (κ2) is 7.42. The summed E-state index contributed by atoms with van der Waals surface area (Å²) in [6.07, 6.45) is 0. The van der Waals surface area contributed by atoms with Crippen molar-refractivity contribution in [3.63, 3.8) is 0 Å². The number of esters is 1. The molecule has 110 valence electrons. The lowest BCUT2D eigenvalue weighted by Crippen LogP contribution is -2.38. The molecule has 1 aliphatic rings. The average molecular weight is 301 g/mol. The van der Waals surface area contributed by atoms with Gasteiger partial charge in [-0.1, -0.05) is 11.6 Å². The van der Waals surface area contributed by atoms with E-state index in [4.69, 9.17) is 21.1 Å². The number of nitrogens with zero attached hydrogens (tertiary/aromatic N) is 2. The van der Waals surface area contributed by atoms with Gasteiger partial charge in [-0.25, -0.2) is 9.78 Å². The molecule has 0 unspecified atom stereocenters. The third kappa shape index (κ3) is 4.33. The van der Waals surface area contributed by atoms with Crippen LogP contribution in [0.3, 0.4) is 0 Å². The summed E-state index contributed by atoms with van der Waals surface area (Å²) in [5.41, 5.74) is 0.328. The number of carbonyl (C=O) groups is 1. The van der Waals surface area contributed by atoms with Crippen LogP contribution < -0.4 is 4.74 Å². The zero-order chi connectivity index (χ0) is 14.4. The minimum absolute atomic E-state index is 0.203. The van der Waals surface area contributed by atoms with Crippen LogP contribution in [0, 0.1) is 0 Å². The lowest BCUT2D eigenvalue weighted by molar-refractivity contribution is 0.0319. The van der Waals surface area contributed by atoms with Gasteiger partial charge in [0.1, 0.15) is 11.8 Å². The number of hydrogen-bond acceptors (Lipinski definition) is 6. The van der Waals surface area contributed by atoms with E-state index in [0.717, 1.165) is 32.8 Å². The summed E-state index contributed by atoms with van der Waals surface area (Å²) in [4.78, 5) is 17.7. The summed E-state index contributed by atoms with van der Waals surface area (Å²) in [5, 5.41) is 0.203. The zero-order valence-electron chi connectivity index (χ0n) is 11.3. The summed E-state index contributed by atoms with van der Waals surface area (Å²) in [6.45, 7) is 4.57. The summed E-state index contributed by atoms with van der Waals surface area (Å²) in [5.74, 6) is -0.140. The molecule has 0 bridgehead atoms. The molecular weight excluding hydrogens is 284 g/mol. The van der Waals surface area contributed by atoms with E-state index in [2.05, 4.69) is 14.6 Å². The third-order valence-corrected chi connectivity index (χ3v) is 3.15. The third-order valence-electron chi connectivity index (χ3n) is 2.95. The van der Waals surface area contributed by atoms with E-state index in [-0.39, 0.29) is 5.15 Å². The Hall–Kier alpha value is -1.37. The number of halogens is 1. The van der Waals surface area contributed by atoms with Crippen molar-refractivity contribution in [2.24, 2.45) is 0 Å². The molecule has 1 aromatic heterocycles. The Morgan fingerprint density at radius 1 is 1.45 bits per heavy atom. The van der Waals surface area contributed by atoms with Crippen LogP contribution >= 0.6 is 11.6 Å². The Balaban J connectivity index is 1.88. The van der Waals surface area contributed by atoms with Gasteiger partial charge >= 0.3 is 5.97 Å². The van der Waals surface area contributed by atoms with Crippen LogP contribution in [0.1, 0.15) is 10.4 Å². The van der Waals surface area contributed by atoms with Crippen LogP contribution in [0.2, 0.25) is 5.15 Å². The van der Waals surface area contributed by atoms with Gasteiger partial charge in [0.05, 0.1) is 25.9 Å². The number of hydrogen-bond donors (Lipinski definition) is 0. The first-order valence-corrected chi connectivity index (χ1v) is 6.75. The standard InChI is InChI=1S/C13H17ClN2O4/c1-18-13(17)10-8-11(14)15-12(9-10)20-7-4-16-2-5-19-6-3-16/h8-9H,2-7H2,1H3. The Morgan fingerprint density at radius 3 is 2.90 bits per heavy atom. The molecule has 0 spiro atoms. The number of ether oxygens (including phenoxy) is 3. The van der Waals surface area contributed by atoms with Crippen LogP contribution in [0.15, 0.2) is 12.1 Å². The number of aromatic nitrogens is 1. The molecule has 20 heavy (non-hydrogen) atoms. The molecule has 0 aliphatic carbocycles. The van der Waals surface area contributed by atoms with Gasteiger partial charge < -0.3 is 14.2 Å². The molecule has 1 aromatic rings. The highest BCUT2D eigenvalue weighted by atomic mass is 35.5. The van der Waals surface area contributed by atoms with E-state index in [9.17, 15) is 4.79 Å². The molecule has 1 saturated heterocycles. The molecule has 0 radical (unpaired) electrons. The van der Waals surface area contributed by atoms with Gasteiger partial charge in [-0.2, -0.15) is 0 Å². The van der Waals surface area contributed by atoms with Crippen molar-refractivity contribution in [2.45, 2.75) is 0 Å². The molecule has 7 heteroatoms. The van der Waals surface area contributed by atoms with Crippen molar-refractivity contribution >= 4 is 17.6 Å². The molecule has 0 aromatic carbocycles. The van der Waals surface area contributed by atoms with Gasteiger partial charge in [-0.15, -0.1) is 0 Å². The molecule has 2 heterocycles. The molecule has 6 nitrogen and oxygen atoms in total. The maximum atomic E-state index is 11.5. The molecule has 0 atom stereocenters. The van der Waals surface area contributed by atoms with E-state index in [1.807, 2.05) is 0 Å². The van der Waals surface area contributed by atoms with E-state index in [1.54, 1.807) is 0 Å². The van der Waals surface area contributed by atoms with E-state index in [1.165, 1.54) is 19.2 Å².